The van der Waals surface area contributed by atoms with Crippen LogP contribution in [-0.4, -0.2) is 29.6 Å². The smallest absolute Gasteiger partial charge is 0.348 e. The Bertz CT molecular complexity index is 456. The predicted molar refractivity (Wildman–Crippen MR) is 64.3 cm³/mol. The number of nitriles is 1. The van der Waals surface area contributed by atoms with Gasteiger partial charge in [-0.1, -0.05) is 6.92 Å². The second-order valence-electron chi connectivity index (χ2n) is 3.48. The minimum absolute atomic E-state index is 0.0495. The van der Waals surface area contributed by atoms with E-state index in [4.69, 9.17) is 10.00 Å². The molecule has 1 aromatic heterocycles. The lowest BCUT2D eigenvalue weighted by Gasteiger charge is -2.06. The molecule has 1 aromatic rings. The van der Waals surface area contributed by atoms with Crippen LogP contribution in [0.15, 0.2) is 12.3 Å². The van der Waals surface area contributed by atoms with Crippen LogP contribution < -0.4 is 10.1 Å². The first-order valence-electron chi connectivity index (χ1n) is 5.57. The van der Waals surface area contributed by atoms with Crippen LogP contribution in [0.5, 0.6) is 5.88 Å². The molecule has 0 saturated heterocycles. The highest BCUT2D eigenvalue weighted by Gasteiger charge is 2.22. The normalized spacial score (nSPS) is 9.78. The molecule has 0 aliphatic heterocycles. The van der Waals surface area contributed by atoms with Crippen molar-refractivity contribution in [1.29, 1.82) is 5.26 Å². The zero-order chi connectivity index (χ0) is 13.4. The molecule has 7 nitrogen and oxygen atoms in total. The molecule has 7 heteroatoms. The Labute approximate surface area is 105 Å². The van der Waals surface area contributed by atoms with Crippen molar-refractivity contribution in [3.05, 3.63) is 27.9 Å². The molecule has 1 heterocycles. The van der Waals surface area contributed by atoms with Gasteiger partial charge in [-0.3, -0.25) is 10.1 Å². The SMILES string of the molecule is CCCNCCOc1nccc(C#N)c1[N+](=O)[O-]. The molecule has 0 atom stereocenters. The molecule has 0 aromatic carbocycles. The Hall–Kier alpha value is -2.20. The Balaban J connectivity index is 2.71. The van der Waals surface area contributed by atoms with E-state index in [2.05, 4.69) is 10.3 Å². The lowest BCUT2D eigenvalue weighted by molar-refractivity contribution is -0.386. The standard InChI is InChI=1S/C11H14N4O3/c1-2-4-13-6-7-18-11-10(15(16)17)9(8-12)3-5-14-11/h3,5,13H,2,4,6-7H2,1H3. The highest BCUT2D eigenvalue weighted by Crippen LogP contribution is 2.27. The maximum absolute atomic E-state index is 10.9. The van der Waals surface area contributed by atoms with Gasteiger partial charge in [-0.05, 0) is 19.0 Å². The first kappa shape index (κ1) is 13.9. The summed E-state index contributed by atoms with van der Waals surface area (Å²) >= 11 is 0. The van der Waals surface area contributed by atoms with Crippen LogP contribution in [0.2, 0.25) is 0 Å². The van der Waals surface area contributed by atoms with Crippen molar-refractivity contribution in [2.45, 2.75) is 13.3 Å². The maximum Gasteiger partial charge on any atom is 0.348 e. The summed E-state index contributed by atoms with van der Waals surface area (Å²) in [5.41, 5.74) is -0.429. The number of nitrogens with zero attached hydrogens (tertiary/aromatic N) is 3. The van der Waals surface area contributed by atoms with E-state index in [-0.39, 0.29) is 23.7 Å². The first-order chi connectivity index (χ1) is 8.70. The number of rotatable bonds is 7. The lowest BCUT2D eigenvalue weighted by Crippen LogP contribution is -2.22. The number of nitro groups is 1. The predicted octanol–water partition coefficient (Wildman–Crippen LogP) is 1.24. The second-order valence-corrected chi connectivity index (χ2v) is 3.48. The third-order valence-electron chi connectivity index (χ3n) is 2.14. The average Bonchev–Trinajstić information content (AvgIpc) is 2.37. The molecule has 0 unspecified atom stereocenters. The topological polar surface area (TPSA) is 101 Å². The summed E-state index contributed by atoms with van der Waals surface area (Å²) in [7, 11) is 0. The Morgan fingerprint density at radius 3 is 3.00 bits per heavy atom. The summed E-state index contributed by atoms with van der Waals surface area (Å²) in [6.45, 7) is 3.74. The fourth-order valence-electron chi connectivity index (χ4n) is 1.33. The molecule has 0 bridgehead atoms. The van der Waals surface area contributed by atoms with E-state index >= 15 is 0 Å². The van der Waals surface area contributed by atoms with Crippen LogP contribution in [0.4, 0.5) is 5.69 Å². The van der Waals surface area contributed by atoms with Crippen LogP contribution >= 0.6 is 0 Å². The third kappa shape index (κ3) is 3.68. The van der Waals surface area contributed by atoms with Gasteiger partial charge in [0, 0.05) is 12.7 Å². The van der Waals surface area contributed by atoms with Gasteiger partial charge in [0.25, 0.3) is 5.88 Å². The minimum atomic E-state index is -0.652. The molecule has 1 rings (SSSR count). The molecule has 18 heavy (non-hydrogen) atoms. The van der Waals surface area contributed by atoms with Crippen molar-refractivity contribution in [3.63, 3.8) is 0 Å². The van der Waals surface area contributed by atoms with Crippen LogP contribution in [0.25, 0.3) is 0 Å². The molecule has 1 N–H and O–H groups in total. The molecule has 0 aliphatic carbocycles. The lowest BCUT2D eigenvalue weighted by atomic mass is 10.2. The van der Waals surface area contributed by atoms with Crippen molar-refractivity contribution >= 4 is 5.69 Å². The van der Waals surface area contributed by atoms with Crippen molar-refractivity contribution in [2.75, 3.05) is 19.7 Å². The molecular formula is C11H14N4O3. The van der Waals surface area contributed by atoms with Gasteiger partial charge in [-0.25, -0.2) is 4.98 Å². The fourth-order valence-corrected chi connectivity index (χ4v) is 1.33. The minimum Gasteiger partial charge on any atom is -0.471 e. The van der Waals surface area contributed by atoms with E-state index in [1.807, 2.05) is 6.92 Å². The molecule has 0 radical (unpaired) electrons. The van der Waals surface area contributed by atoms with E-state index in [1.54, 1.807) is 6.07 Å². The van der Waals surface area contributed by atoms with Crippen LogP contribution in [0.3, 0.4) is 0 Å². The van der Waals surface area contributed by atoms with E-state index < -0.39 is 4.92 Å². The molecule has 0 spiro atoms. The number of hydrogen-bond acceptors (Lipinski definition) is 6. The quantitative estimate of drug-likeness (QED) is 0.444. The molecule has 0 amide bonds. The van der Waals surface area contributed by atoms with Crippen molar-refractivity contribution < 1.29 is 9.66 Å². The van der Waals surface area contributed by atoms with Gasteiger partial charge in [-0.15, -0.1) is 0 Å². The van der Waals surface area contributed by atoms with Crippen molar-refractivity contribution in [1.82, 2.24) is 10.3 Å². The van der Waals surface area contributed by atoms with Crippen molar-refractivity contribution in [2.24, 2.45) is 0 Å². The number of pyridine rings is 1. The number of hydrogen-bond donors (Lipinski definition) is 1. The highest BCUT2D eigenvalue weighted by molar-refractivity contribution is 5.54. The van der Waals surface area contributed by atoms with Gasteiger partial charge in [0.2, 0.25) is 0 Å². The first-order valence-corrected chi connectivity index (χ1v) is 5.57. The van der Waals surface area contributed by atoms with Crippen LogP contribution in [0.1, 0.15) is 18.9 Å². The van der Waals surface area contributed by atoms with Gasteiger partial charge in [-0.2, -0.15) is 5.26 Å². The number of nitrogens with one attached hydrogen (secondary N) is 1. The third-order valence-corrected chi connectivity index (χ3v) is 2.14. The Morgan fingerprint density at radius 1 is 1.61 bits per heavy atom. The summed E-state index contributed by atoms with van der Waals surface area (Å²) in [6, 6.07) is 3.04. The average molecular weight is 250 g/mol. The summed E-state index contributed by atoms with van der Waals surface area (Å²) in [5.74, 6) is -0.114. The molecule has 96 valence electrons. The van der Waals surface area contributed by atoms with Crippen molar-refractivity contribution in [3.8, 4) is 11.9 Å². The Morgan fingerprint density at radius 2 is 2.39 bits per heavy atom. The molecule has 0 saturated carbocycles. The molecular weight excluding hydrogens is 236 g/mol. The number of ether oxygens (including phenoxy) is 1. The maximum atomic E-state index is 10.9. The Kier molecular flexibility index (Phi) is 5.54. The second kappa shape index (κ2) is 7.19. The van der Waals surface area contributed by atoms with Gasteiger partial charge >= 0.3 is 5.69 Å². The van der Waals surface area contributed by atoms with E-state index in [0.717, 1.165) is 13.0 Å². The number of aromatic nitrogens is 1. The van der Waals surface area contributed by atoms with Crippen LogP contribution in [0, 0.1) is 21.4 Å². The highest BCUT2D eigenvalue weighted by atomic mass is 16.6. The van der Waals surface area contributed by atoms with Crippen LogP contribution in [-0.2, 0) is 0 Å². The van der Waals surface area contributed by atoms with E-state index in [0.29, 0.717) is 6.54 Å². The van der Waals surface area contributed by atoms with Gasteiger partial charge in [0.05, 0.1) is 4.92 Å². The van der Waals surface area contributed by atoms with E-state index in [9.17, 15) is 10.1 Å². The monoisotopic (exact) mass is 250 g/mol. The zero-order valence-corrected chi connectivity index (χ0v) is 10.0. The summed E-state index contributed by atoms with van der Waals surface area (Å²) < 4.78 is 5.22. The fraction of sp³-hybridized carbons (Fsp3) is 0.455. The van der Waals surface area contributed by atoms with E-state index in [1.165, 1.54) is 12.3 Å². The summed E-state index contributed by atoms with van der Waals surface area (Å²) in [5, 5.41) is 22.7. The van der Waals surface area contributed by atoms with Gasteiger partial charge in [0.15, 0.2) is 0 Å². The molecule has 0 fully saturated rings. The summed E-state index contributed by atoms with van der Waals surface area (Å²) in [6.07, 6.45) is 2.32. The zero-order valence-electron chi connectivity index (χ0n) is 10.0. The van der Waals surface area contributed by atoms with Gasteiger partial charge < -0.3 is 10.1 Å². The summed E-state index contributed by atoms with van der Waals surface area (Å²) in [4.78, 5) is 14.0. The molecule has 0 aliphatic rings. The largest absolute Gasteiger partial charge is 0.471 e. The van der Waals surface area contributed by atoms with Gasteiger partial charge in [0.1, 0.15) is 18.2 Å².